The van der Waals surface area contributed by atoms with Crippen LogP contribution in [0.15, 0.2) is 212 Å². The fraction of sp³-hybridized carbons (Fsp3) is 0.0189. The standard InChI is InChI=1S/C53H35NO/c1-3-17-37(18-4-1)42-22-10-13-28-50(42)54(40-31-30-36-16-7-8-21-39(36)34-40)41-32-33-45-44-23-9-11-25-46(44)53(49(45)35-41)47-26-12-14-29-51(47)55-52-43(24-15-27-48(52)53)38-19-5-2-6-20-38/h1-35H. The highest BCUT2D eigenvalue weighted by atomic mass is 16.5. The maximum Gasteiger partial charge on any atom is 0.140 e. The Morgan fingerprint density at radius 2 is 0.909 bits per heavy atom. The van der Waals surface area contributed by atoms with Crippen molar-refractivity contribution < 1.29 is 4.74 Å². The second kappa shape index (κ2) is 12.5. The van der Waals surface area contributed by atoms with Crippen LogP contribution in [0.1, 0.15) is 22.3 Å². The third-order valence-electron chi connectivity index (χ3n) is 11.5. The van der Waals surface area contributed by atoms with Gasteiger partial charge in [0.1, 0.15) is 11.5 Å². The molecule has 0 aromatic heterocycles. The Hall–Kier alpha value is -7.16. The molecule has 258 valence electrons. The molecule has 0 radical (unpaired) electrons. The molecular weight excluding hydrogens is 667 g/mol. The van der Waals surface area contributed by atoms with Gasteiger partial charge in [-0.2, -0.15) is 0 Å². The number of rotatable bonds is 5. The van der Waals surface area contributed by atoms with E-state index in [4.69, 9.17) is 4.74 Å². The number of hydrogen-bond donors (Lipinski definition) is 0. The van der Waals surface area contributed by atoms with E-state index in [2.05, 4.69) is 217 Å². The van der Waals surface area contributed by atoms with Crippen LogP contribution in [0.25, 0.3) is 44.2 Å². The van der Waals surface area contributed by atoms with Crippen molar-refractivity contribution in [3.05, 3.63) is 235 Å². The van der Waals surface area contributed by atoms with Crippen molar-refractivity contribution in [2.24, 2.45) is 0 Å². The molecule has 1 unspecified atom stereocenters. The molecule has 0 N–H and O–H groups in total. The van der Waals surface area contributed by atoms with Crippen molar-refractivity contribution in [2.45, 2.75) is 5.41 Å². The molecule has 1 atom stereocenters. The fourth-order valence-corrected chi connectivity index (χ4v) is 9.17. The van der Waals surface area contributed by atoms with E-state index < -0.39 is 5.41 Å². The van der Waals surface area contributed by atoms with E-state index in [1.54, 1.807) is 0 Å². The zero-order chi connectivity index (χ0) is 36.3. The van der Waals surface area contributed by atoms with Gasteiger partial charge in [0.05, 0.1) is 11.1 Å². The Morgan fingerprint density at radius 1 is 0.345 bits per heavy atom. The number of hydrogen-bond acceptors (Lipinski definition) is 2. The number of nitrogens with zero attached hydrogens (tertiary/aromatic N) is 1. The number of para-hydroxylation sites is 3. The van der Waals surface area contributed by atoms with Crippen molar-refractivity contribution >= 4 is 27.8 Å². The first-order valence-corrected chi connectivity index (χ1v) is 18.9. The van der Waals surface area contributed by atoms with Gasteiger partial charge in [0.15, 0.2) is 0 Å². The smallest absolute Gasteiger partial charge is 0.140 e. The van der Waals surface area contributed by atoms with E-state index in [1.807, 2.05) is 0 Å². The van der Waals surface area contributed by atoms with Gasteiger partial charge >= 0.3 is 0 Å². The molecule has 0 saturated heterocycles. The Balaban J connectivity index is 1.22. The molecule has 1 aliphatic carbocycles. The predicted octanol–water partition coefficient (Wildman–Crippen LogP) is 14.1. The zero-order valence-corrected chi connectivity index (χ0v) is 30.1. The van der Waals surface area contributed by atoms with Crippen LogP contribution >= 0.6 is 0 Å². The van der Waals surface area contributed by atoms with E-state index in [9.17, 15) is 0 Å². The lowest BCUT2D eigenvalue weighted by molar-refractivity contribution is 0.438. The summed E-state index contributed by atoms with van der Waals surface area (Å²) in [6, 6.07) is 76.9. The summed E-state index contributed by atoms with van der Waals surface area (Å²) in [7, 11) is 0. The molecule has 2 aliphatic rings. The maximum absolute atomic E-state index is 6.99. The lowest BCUT2D eigenvalue weighted by atomic mass is 9.65. The van der Waals surface area contributed by atoms with Crippen molar-refractivity contribution in [3.63, 3.8) is 0 Å². The van der Waals surface area contributed by atoms with Gasteiger partial charge in [-0.1, -0.05) is 176 Å². The fourth-order valence-electron chi connectivity index (χ4n) is 9.17. The second-order valence-corrected chi connectivity index (χ2v) is 14.4. The minimum absolute atomic E-state index is 0.620. The van der Waals surface area contributed by atoms with E-state index in [1.165, 1.54) is 44.2 Å². The summed E-state index contributed by atoms with van der Waals surface area (Å²) in [5, 5.41) is 2.42. The highest BCUT2D eigenvalue weighted by Gasteiger charge is 2.51. The van der Waals surface area contributed by atoms with E-state index >= 15 is 0 Å². The molecule has 55 heavy (non-hydrogen) atoms. The summed E-state index contributed by atoms with van der Waals surface area (Å²) >= 11 is 0. The van der Waals surface area contributed by atoms with Gasteiger partial charge in [0, 0.05) is 33.6 Å². The Bertz CT molecular complexity index is 2910. The molecule has 2 nitrogen and oxygen atoms in total. The first-order chi connectivity index (χ1) is 27.3. The SMILES string of the molecule is c1ccc(-c2ccccc2N(c2ccc3c(c2)C2(c4ccccc4Oc4c(-c5ccccc5)cccc42)c2ccccc2-3)c2ccc3ccccc3c2)cc1. The van der Waals surface area contributed by atoms with Gasteiger partial charge in [-0.15, -0.1) is 0 Å². The first-order valence-electron chi connectivity index (χ1n) is 18.9. The number of anilines is 3. The lowest BCUT2D eigenvalue weighted by Crippen LogP contribution is -2.32. The minimum atomic E-state index is -0.620. The molecule has 0 bridgehead atoms. The van der Waals surface area contributed by atoms with Gasteiger partial charge in [-0.3, -0.25) is 0 Å². The van der Waals surface area contributed by atoms with Crippen LogP contribution in [0.3, 0.4) is 0 Å². The lowest BCUT2D eigenvalue weighted by Gasteiger charge is -2.40. The Labute approximate surface area is 321 Å². The minimum Gasteiger partial charge on any atom is -0.456 e. The first kappa shape index (κ1) is 31.4. The van der Waals surface area contributed by atoms with Crippen LogP contribution in [0.5, 0.6) is 11.5 Å². The Morgan fingerprint density at radius 3 is 1.73 bits per heavy atom. The van der Waals surface area contributed by atoms with Crippen LogP contribution in [0, 0.1) is 0 Å². The average molecular weight is 702 g/mol. The normalized spacial score (nSPS) is 14.8. The third-order valence-corrected chi connectivity index (χ3v) is 11.5. The summed E-state index contributed by atoms with van der Waals surface area (Å²) in [5.41, 5.74) is 14.6. The van der Waals surface area contributed by atoms with Gasteiger partial charge in [-0.25, -0.2) is 0 Å². The quantitative estimate of drug-likeness (QED) is 0.177. The van der Waals surface area contributed by atoms with Crippen LogP contribution in [-0.4, -0.2) is 0 Å². The van der Waals surface area contributed by atoms with Gasteiger partial charge < -0.3 is 9.64 Å². The van der Waals surface area contributed by atoms with Crippen molar-refractivity contribution in [1.82, 2.24) is 0 Å². The zero-order valence-electron chi connectivity index (χ0n) is 30.1. The molecule has 11 rings (SSSR count). The van der Waals surface area contributed by atoms with Crippen LogP contribution in [0.2, 0.25) is 0 Å². The average Bonchev–Trinajstić information content (AvgIpc) is 3.54. The summed E-state index contributed by atoms with van der Waals surface area (Å²) in [4.78, 5) is 2.44. The largest absolute Gasteiger partial charge is 0.456 e. The molecule has 9 aromatic carbocycles. The van der Waals surface area contributed by atoms with Gasteiger partial charge in [0.2, 0.25) is 0 Å². The molecule has 2 heteroatoms. The Kier molecular flexibility index (Phi) is 7.11. The molecular formula is C53H35NO. The van der Waals surface area contributed by atoms with Crippen molar-refractivity contribution in [1.29, 1.82) is 0 Å². The number of ether oxygens (including phenoxy) is 1. The van der Waals surface area contributed by atoms with E-state index in [-0.39, 0.29) is 0 Å². The van der Waals surface area contributed by atoms with E-state index in [0.717, 1.165) is 50.8 Å². The summed E-state index contributed by atoms with van der Waals surface area (Å²) in [5.74, 6) is 1.79. The van der Waals surface area contributed by atoms with Crippen LogP contribution < -0.4 is 9.64 Å². The molecule has 0 amide bonds. The number of fused-ring (bicyclic) bond motifs is 10. The maximum atomic E-state index is 6.99. The highest BCUT2D eigenvalue weighted by molar-refractivity contribution is 5.96. The van der Waals surface area contributed by atoms with E-state index in [0.29, 0.717) is 0 Å². The molecule has 1 spiro atoms. The van der Waals surface area contributed by atoms with Crippen LogP contribution in [0.4, 0.5) is 17.1 Å². The van der Waals surface area contributed by atoms with Crippen molar-refractivity contribution in [3.8, 4) is 44.9 Å². The third kappa shape index (κ3) is 4.75. The molecule has 0 fully saturated rings. The topological polar surface area (TPSA) is 12.5 Å². The monoisotopic (exact) mass is 701 g/mol. The highest BCUT2D eigenvalue weighted by Crippen LogP contribution is 2.64. The number of benzene rings is 9. The molecule has 1 heterocycles. The molecule has 0 saturated carbocycles. The molecule has 1 aliphatic heterocycles. The van der Waals surface area contributed by atoms with Crippen molar-refractivity contribution in [2.75, 3.05) is 4.90 Å². The van der Waals surface area contributed by atoms with Gasteiger partial charge in [-0.05, 0) is 80.6 Å². The predicted molar refractivity (Wildman–Crippen MR) is 227 cm³/mol. The van der Waals surface area contributed by atoms with Gasteiger partial charge in [0.25, 0.3) is 0 Å². The summed E-state index contributed by atoms with van der Waals surface area (Å²) in [6.45, 7) is 0. The summed E-state index contributed by atoms with van der Waals surface area (Å²) in [6.07, 6.45) is 0. The molecule has 9 aromatic rings. The van der Waals surface area contributed by atoms with Crippen LogP contribution in [-0.2, 0) is 5.41 Å². The summed E-state index contributed by atoms with van der Waals surface area (Å²) < 4.78 is 6.99. The second-order valence-electron chi connectivity index (χ2n) is 14.4.